The molecule has 0 bridgehead atoms. The molecule has 1 aromatic heterocycles. The zero-order valence-electron chi connectivity index (χ0n) is 6.52. The van der Waals surface area contributed by atoms with Gasteiger partial charge in [-0.2, -0.15) is 0 Å². The fourth-order valence-electron chi connectivity index (χ4n) is 0.812. The highest BCUT2D eigenvalue weighted by Crippen LogP contribution is 2.03. The third kappa shape index (κ3) is 2.21. The SMILES string of the molecule is CC(C)CCc1n[c]c[nH]1. The Kier molecular flexibility index (Phi) is 2.49. The lowest BCUT2D eigenvalue weighted by Gasteiger charge is -1.99. The molecule has 2 heteroatoms. The Morgan fingerprint density at radius 2 is 2.50 bits per heavy atom. The first-order valence-corrected chi connectivity index (χ1v) is 3.69. The molecule has 0 saturated heterocycles. The van der Waals surface area contributed by atoms with Gasteiger partial charge in [-0.25, -0.2) is 4.98 Å². The van der Waals surface area contributed by atoms with E-state index in [1.54, 1.807) is 6.20 Å². The van der Waals surface area contributed by atoms with E-state index in [4.69, 9.17) is 0 Å². The molecule has 1 radical (unpaired) electrons. The topological polar surface area (TPSA) is 28.7 Å². The second-order valence-corrected chi connectivity index (χ2v) is 2.91. The van der Waals surface area contributed by atoms with Crippen LogP contribution in [0.25, 0.3) is 0 Å². The summed E-state index contributed by atoms with van der Waals surface area (Å²) in [5, 5.41) is 0. The van der Waals surface area contributed by atoms with Crippen LogP contribution in [0.5, 0.6) is 0 Å². The zero-order chi connectivity index (χ0) is 7.40. The van der Waals surface area contributed by atoms with Gasteiger partial charge in [0.25, 0.3) is 0 Å². The van der Waals surface area contributed by atoms with Crippen molar-refractivity contribution in [1.82, 2.24) is 9.97 Å². The molecule has 1 heterocycles. The lowest BCUT2D eigenvalue weighted by molar-refractivity contribution is 0.577. The first-order valence-electron chi connectivity index (χ1n) is 3.69. The monoisotopic (exact) mass is 137 g/mol. The van der Waals surface area contributed by atoms with Crippen molar-refractivity contribution in [2.24, 2.45) is 5.92 Å². The summed E-state index contributed by atoms with van der Waals surface area (Å²) < 4.78 is 0. The molecule has 0 aliphatic rings. The molecule has 2 nitrogen and oxygen atoms in total. The fraction of sp³-hybridized carbons (Fsp3) is 0.625. The van der Waals surface area contributed by atoms with E-state index in [9.17, 15) is 0 Å². The summed E-state index contributed by atoms with van der Waals surface area (Å²) >= 11 is 0. The molecule has 0 unspecified atom stereocenters. The fourth-order valence-corrected chi connectivity index (χ4v) is 0.812. The summed E-state index contributed by atoms with van der Waals surface area (Å²) in [6.07, 6.45) is 6.73. The summed E-state index contributed by atoms with van der Waals surface area (Å²) in [7, 11) is 0. The van der Waals surface area contributed by atoms with E-state index in [0.29, 0.717) is 0 Å². The second kappa shape index (κ2) is 3.40. The zero-order valence-corrected chi connectivity index (χ0v) is 6.52. The lowest BCUT2D eigenvalue weighted by Crippen LogP contribution is -1.93. The molecule has 0 aliphatic carbocycles. The van der Waals surface area contributed by atoms with Crippen LogP contribution in [0.15, 0.2) is 6.20 Å². The quantitative estimate of drug-likeness (QED) is 0.676. The van der Waals surface area contributed by atoms with Crippen molar-refractivity contribution in [3.05, 3.63) is 18.2 Å². The maximum atomic E-state index is 4.01. The number of nitrogens with one attached hydrogen (secondary N) is 1. The van der Waals surface area contributed by atoms with Crippen LogP contribution in [0.2, 0.25) is 0 Å². The van der Waals surface area contributed by atoms with Crippen molar-refractivity contribution in [1.29, 1.82) is 0 Å². The maximum absolute atomic E-state index is 4.01. The van der Waals surface area contributed by atoms with Gasteiger partial charge in [-0.3, -0.25) is 0 Å². The van der Waals surface area contributed by atoms with Gasteiger partial charge < -0.3 is 4.98 Å². The molecule has 0 saturated carbocycles. The van der Waals surface area contributed by atoms with Crippen LogP contribution < -0.4 is 0 Å². The van der Waals surface area contributed by atoms with Crippen LogP contribution in [-0.2, 0) is 6.42 Å². The van der Waals surface area contributed by atoms with Gasteiger partial charge in [0, 0.05) is 12.6 Å². The molecule has 1 N–H and O–H groups in total. The number of hydrogen-bond acceptors (Lipinski definition) is 1. The average Bonchev–Trinajstić information content (AvgIpc) is 2.34. The smallest absolute Gasteiger partial charge is 0.108 e. The highest BCUT2D eigenvalue weighted by Gasteiger charge is 1.96. The third-order valence-corrected chi connectivity index (χ3v) is 1.46. The molecular weight excluding hydrogens is 124 g/mol. The molecule has 0 spiro atoms. The van der Waals surface area contributed by atoms with Crippen molar-refractivity contribution < 1.29 is 0 Å². The van der Waals surface area contributed by atoms with Gasteiger partial charge in [-0.1, -0.05) is 13.8 Å². The minimum absolute atomic E-state index is 0.755. The average molecular weight is 137 g/mol. The molecule has 10 heavy (non-hydrogen) atoms. The van der Waals surface area contributed by atoms with Gasteiger partial charge in [0.15, 0.2) is 0 Å². The predicted octanol–water partition coefficient (Wildman–Crippen LogP) is 1.80. The number of hydrogen-bond donors (Lipinski definition) is 1. The number of rotatable bonds is 3. The number of aryl methyl sites for hydroxylation is 1. The van der Waals surface area contributed by atoms with Crippen molar-refractivity contribution in [2.75, 3.05) is 0 Å². The van der Waals surface area contributed by atoms with E-state index in [2.05, 4.69) is 30.0 Å². The lowest BCUT2D eigenvalue weighted by atomic mass is 10.1. The van der Waals surface area contributed by atoms with E-state index in [1.165, 1.54) is 6.42 Å². The van der Waals surface area contributed by atoms with E-state index >= 15 is 0 Å². The van der Waals surface area contributed by atoms with E-state index < -0.39 is 0 Å². The Morgan fingerprint density at radius 3 is 3.00 bits per heavy atom. The minimum atomic E-state index is 0.755. The molecule has 0 aliphatic heterocycles. The Morgan fingerprint density at radius 1 is 1.70 bits per heavy atom. The Hall–Kier alpha value is -0.790. The molecule has 1 aromatic rings. The summed E-state index contributed by atoms with van der Waals surface area (Å²) in [6.45, 7) is 4.43. The number of nitrogens with zero attached hydrogens (tertiary/aromatic N) is 1. The first-order chi connectivity index (χ1) is 4.79. The molecule has 0 fully saturated rings. The maximum Gasteiger partial charge on any atom is 0.108 e. The van der Waals surface area contributed by atoms with Gasteiger partial charge in [0.2, 0.25) is 0 Å². The largest absolute Gasteiger partial charge is 0.348 e. The van der Waals surface area contributed by atoms with Crippen LogP contribution in [0, 0.1) is 12.1 Å². The normalized spacial score (nSPS) is 10.7. The summed E-state index contributed by atoms with van der Waals surface area (Å²) in [5.74, 6) is 1.80. The molecule has 1 rings (SSSR count). The third-order valence-electron chi connectivity index (χ3n) is 1.46. The Bertz CT molecular complexity index is 165. The highest BCUT2D eigenvalue weighted by atomic mass is 14.9. The van der Waals surface area contributed by atoms with Crippen LogP contribution in [0.4, 0.5) is 0 Å². The van der Waals surface area contributed by atoms with Crippen molar-refractivity contribution >= 4 is 0 Å². The van der Waals surface area contributed by atoms with Gasteiger partial charge in [0.05, 0.1) is 0 Å². The minimum Gasteiger partial charge on any atom is -0.348 e. The van der Waals surface area contributed by atoms with Gasteiger partial charge >= 0.3 is 0 Å². The van der Waals surface area contributed by atoms with Crippen LogP contribution in [0.1, 0.15) is 26.1 Å². The number of imidazole rings is 1. The number of H-pyrrole nitrogens is 1. The van der Waals surface area contributed by atoms with Crippen molar-refractivity contribution in [2.45, 2.75) is 26.7 Å². The standard InChI is InChI=1S/C8H13N2/c1-7(2)3-4-8-9-5-6-10-8/h5,7H,3-4H2,1-2H3,(H,9,10). The first kappa shape index (κ1) is 7.32. The van der Waals surface area contributed by atoms with Crippen LogP contribution >= 0.6 is 0 Å². The van der Waals surface area contributed by atoms with Crippen LogP contribution in [-0.4, -0.2) is 9.97 Å². The number of aromatic amines is 1. The highest BCUT2D eigenvalue weighted by molar-refractivity contribution is 4.85. The summed E-state index contributed by atoms with van der Waals surface area (Å²) in [5.41, 5.74) is 0. The molecule has 55 valence electrons. The van der Waals surface area contributed by atoms with E-state index in [-0.39, 0.29) is 0 Å². The number of aromatic nitrogens is 2. The molecule has 0 atom stereocenters. The van der Waals surface area contributed by atoms with Gasteiger partial charge in [-0.15, -0.1) is 0 Å². The van der Waals surface area contributed by atoms with E-state index in [0.717, 1.165) is 18.2 Å². The summed E-state index contributed by atoms with van der Waals surface area (Å²) in [6, 6.07) is 0. The summed E-state index contributed by atoms with van der Waals surface area (Å²) in [4.78, 5) is 7.03. The second-order valence-electron chi connectivity index (χ2n) is 2.91. The molecular formula is C8H13N2. The van der Waals surface area contributed by atoms with Crippen molar-refractivity contribution in [3.63, 3.8) is 0 Å². The Labute approximate surface area is 61.7 Å². The van der Waals surface area contributed by atoms with Gasteiger partial charge in [-0.05, 0) is 12.3 Å². The van der Waals surface area contributed by atoms with Gasteiger partial charge in [0.1, 0.15) is 12.0 Å². The van der Waals surface area contributed by atoms with Crippen LogP contribution in [0.3, 0.4) is 0 Å². The molecule has 0 aromatic carbocycles. The Balaban J connectivity index is 2.28. The molecule has 0 amide bonds. The van der Waals surface area contributed by atoms with E-state index in [1.807, 2.05) is 0 Å². The van der Waals surface area contributed by atoms with Crippen molar-refractivity contribution in [3.8, 4) is 0 Å². The predicted molar refractivity (Wildman–Crippen MR) is 40.6 cm³/mol.